The highest BCUT2D eigenvalue weighted by atomic mass is 35.5. The summed E-state index contributed by atoms with van der Waals surface area (Å²) in [6, 6.07) is 13.6. The van der Waals surface area contributed by atoms with Crippen LogP contribution in [0.4, 0.5) is 0 Å². The molecule has 0 atom stereocenters. The molecular weight excluding hydrogens is 354 g/mol. The van der Waals surface area contributed by atoms with Gasteiger partial charge in [-0.1, -0.05) is 23.4 Å². The number of thioether (sulfide) groups is 1. The Morgan fingerprint density at radius 3 is 2.52 bits per heavy atom. The summed E-state index contributed by atoms with van der Waals surface area (Å²) in [5.41, 5.74) is 1.91. The average Bonchev–Trinajstić information content (AvgIpc) is 3.07. The molecule has 0 saturated heterocycles. The molecule has 3 aromatic rings. The number of nitriles is 1. The molecule has 1 aromatic carbocycles. The predicted molar refractivity (Wildman–Crippen MR) is 99.8 cm³/mol. The lowest BCUT2D eigenvalue weighted by Crippen LogP contribution is -2.00. The Morgan fingerprint density at radius 2 is 1.80 bits per heavy atom. The van der Waals surface area contributed by atoms with Crippen molar-refractivity contribution in [2.24, 2.45) is 0 Å². The van der Waals surface area contributed by atoms with E-state index < -0.39 is 0 Å². The summed E-state index contributed by atoms with van der Waals surface area (Å²) in [5.74, 6) is 1.66. The first kappa shape index (κ1) is 17.5. The van der Waals surface area contributed by atoms with Crippen molar-refractivity contribution in [3.05, 3.63) is 53.8 Å². The van der Waals surface area contributed by atoms with E-state index in [4.69, 9.17) is 16.9 Å². The minimum absolute atomic E-state index is 0.590. The molecule has 25 heavy (non-hydrogen) atoms. The van der Waals surface area contributed by atoms with Gasteiger partial charge < -0.3 is 0 Å². The zero-order valence-corrected chi connectivity index (χ0v) is 15.0. The van der Waals surface area contributed by atoms with E-state index in [0.29, 0.717) is 11.4 Å². The highest BCUT2D eigenvalue weighted by molar-refractivity contribution is 7.99. The molecule has 0 fully saturated rings. The molecule has 0 aliphatic carbocycles. The van der Waals surface area contributed by atoms with E-state index in [-0.39, 0.29) is 0 Å². The normalized spacial score (nSPS) is 10.6. The highest BCUT2D eigenvalue weighted by Crippen LogP contribution is 2.28. The number of unbranched alkanes of at least 4 members (excludes halogenated alkanes) is 2. The fourth-order valence-electron chi connectivity index (χ4n) is 2.34. The molecule has 0 N–H and O–H groups in total. The van der Waals surface area contributed by atoms with Crippen LogP contribution in [-0.2, 0) is 0 Å². The van der Waals surface area contributed by atoms with Gasteiger partial charge in [-0.05, 0) is 49.2 Å². The van der Waals surface area contributed by atoms with Crippen LogP contribution in [0.5, 0.6) is 0 Å². The van der Waals surface area contributed by atoms with Gasteiger partial charge in [-0.25, -0.2) is 0 Å². The topological polar surface area (TPSA) is 67.4 Å². The van der Waals surface area contributed by atoms with E-state index in [1.54, 1.807) is 24.2 Å². The minimum atomic E-state index is 0.590. The maximum atomic E-state index is 8.63. The van der Waals surface area contributed by atoms with Crippen LogP contribution in [-0.4, -0.2) is 25.5 Å². The number of halogens is 1. The number of benzene rings is 1. The van der Waals surface area contributed by atoms with Gasteiger partial charge in [0.1, 0.15) is 0 Å². The van der Waals surface area contributed by atoms with Gasteiger partial charge in [0.15, 0.2) is 11.0 Å². The summed E-state index contributed by atoms with van der Waals surface area (Å²) < 4.78 is 2.03. The van der Waals surface area contributed by atoms with Crippen molar-refractivity contribution in [1.29, 1.82) is 5.26 Å². The summed E-state index contributed by atoms with van der Waals surface area (Å²) in [5, 5.41) is 18.9. The van der Waals surface area contributed by atoms with Crippen molar-refractivity contribution in [1.82, 2.24) is 19.7 Å². The highest BCUT2D eigenvalue weighted by Gasteiger charge is 2.16. The third kappa shape index (κ3) is 4.38. The number of hydrogen-bond donors (Lipinski definition) is 0. The second-order valence-electron chi connectivity index (χ2n) is 5.32. The maximum Gasteiger partial charge on any atom is 0.196 e. The Kier molecular flexibility index (Phi) is 6.04. The molecule has 126 valence electrons. The zero-order valence-electron chi connectivity index (χ0n) is 13.5. The van der Waals surface area contributed by atoms with Crippen LogP contribution in [0.3, 0.4) is 0 Å². The number of rotatable bonds is 7. The van der Waals surface area contributed by atoms with E-state index in [1.165, 1.54) is 0 Å². The third-order valence-corrected chi connectivity index (χ3v) is 4.84. The molecule has 0 aliphatic heterocycles. The van der Waals surface area contributed by atoms with Crippen molar-refractivity contribution >= 4 is 23.4 Å². The number of aromatic nitrogens is 4. The van der Waals surface area contributed by atoms with Crippen LogP contribution in [0.2, 0.25) is 5.02 Å². The number of nitrogens with zero attached hydrogens (tertiary/aromatic N) is 5. The summed E-state index contributed by atoms with van der Waals surface area (Å²) >= 11 is 7.66. The molecule has 2 heterocycles. The van der Waals surface area contributed by atoms with Gasteiger partial charge in [-0.2, -0.15) is 5.26 Å². The van der Waals surface area contributed by atoms with E-state index in [1.807, 2.05) is 41.0 Å². The van der Waals surface area contributed by atoms with Crippen molar-refractivity contribution in [3.63, 3.8) is 0 Å². The first-order valence-electron chi connectivity index (χ1n) is 7.91. The van der Waals surface area contributed by atoms with Crippen LogP contribution in [0.1, 0.15) is 19.3 Å². The largest absolute Gasteiger partial charge is 0.270 e. The van der Waals surface area contributed by atoms with Gasteiger partial charge in [0.25, 0.3) is 0 Å². The molecule has 0 bridgehead atoms. The summed E-state index contributed by atoms with van der Waals surface area (Å²) in [7, 11) is 0. The van der Waals surface area contributed by atoms with Crippen LogP contribution >= 0.6 is 23.4 Å². The zero-order chi connectivity index (χ0) is 17.5. The molecule has 7 heteroatoms. The summed E-state index contributed by atoms with van der Waals surface area (Å²) in [6.07, 6.45) is 5.94. The molecule has 0 aliphatic rings. The lowest BCUT2D eigenvalue weighted by Gasteiger charge is -2.10. The molecule has 0 spiro atoms. The van der Waals surface area contributed by atoms with E-state index in [0.717, 1.165) is 40.8 Å². The molecule has 3 rings (SSSR count). The summed E-state index contributed by atoms with van der Waals surface area (Å²) in [6.45, 7) is 0. The second-order valence-corrected chi connectivity index (χ2v) is 6.82. The quantitative estimate of drug-likeness (QED) is 0.443. The van der Waals surface area contributed by atoms with Crippen molar-refractivity contribution in [2.45, 2.75) is 24.4 Å². The fourth-order valence-corrected chi connectivity index (χ4v) is 3.42. The van der Waals surface area contributed by atoms with Gasteiger partial charge >= 0.3 is 0 Å². The predicted octanol–water partition coefficient (Wildman–Crippen LogP) is 4.77. The maximum absolute atomic E-state index is 8.63. The first-order chi connectivity index (χ1) is 12.3. The molecule has 0 radical (unpaired) electrons. The standard InChI is InChI=1S/C18H16ClN5S/c19-15-4-6-16(7-5-15)24-17(14-8-11-21-12-9-14)22-23-18(24)25-13-3-1-2-10-20/h4-9,11-12H,1-3,13H2. The average molecular weight is 370 g/mol. The summed E-state index contributed by atoms with van der Waals surface area (Å²) in [4.78, 5) is 4.06. The Hall–Kier alpha value is -2.36. The van der Waals surface area contributed by atoms with Gasteiger partial charge in [-0.15, -0.1) is 10.2 Å². The van der Waals surface area contributed by atoms with Crippen LogP contribution in [0.15, 0.2) is 53.9 Å². The van der Waals surface area contributed by atoms with Crippen molar-refractivity contribution in [3.8, 4) is 23.1 Å². The second kappa shape index (κ2) is 8.65. The van der Waals surface area contributed by atoms with Gasteiger partial charge in [0.2, 0.25) is 0 Å². The third-order valence-electron chi connectivity index (χ3n) is 3.57. The molecule has 5 nitrogen and oxygen atoms in total. The van der Waals surface area contributed by atoms with E-state index in [2.05, 4.69) is 21.3 Å². The number of pyridine rings is 1. The monoisotopic (exact) mass is 369 g/mol. The van der Waals surface area contributed by atoms with Crippen molar-refractivity contribution < 1.29 is 0 Å². The fraction of sp³-hybridized carbons (Fsp3) is 0.222. The Bertz CT molecular complexity index is 855. The van der Waals surface area contributed by atoms with Crippen molar-refractivity contribution in [2.75, 3.05) is 5.75 Å². The lowest BCUT2D eigenvalue weighted by molar-refractivity contribution is 0.823. The van der Waals surface area contributed by atoms with E-state index >= 15 is 0 Å². The molecule has 0 amide bonds. The Balaban J connectivity index is 1.91. The van der Waals surface area contributed by atoms with Crippen LogP contribution < -0.4 is 0 Å². The Labute approximate surface area is 155 Å². The molecule has 0 saturated carbocycles. The molecular formula is C18H16ClN5S. The Morgan fingerprint density at radius 1 is 1.04 bits per heavy atom. The number of hydrogen-bond acceptors (Lipinski definition) is 5. The minimum Gasteiger partial charge on any atom is -0.270 e. The van der Waals surface area contributed by atoms with Gasteiger partial charge in [0.05, 0.1) is 6.07 Å². The molecule has 2 aromatic heterocycles. The van der Waals surface area contributed by atoms with Crippen LogP contribution in [0.25, 0.3) is 17.1 Å². The van der Waals surface area contributed by atoms with Gasteiger partial charge in [0, 0.05) is 40.8 Å². The smallest absolute Gasteiger partial charge is 0.196 e. The SMILES string of the molecule is N#CCCCCSc1nnc(-c2ccncc2)n1-c1ccc(Cl)cc1. The van der Waals surface area contributed by atoms with Gasteiger partial charge in [-0.3, -0.25) is 9.55 Å². The van der Waals surface area contributed by atoms with E-state index in [9.17, 15) is 0 Å². The molecule has 0 unspecified atom stereocenters. The first-order valence-corrected chi connectivity index (χ1v) is 9.27. The lowest BCUT2D eigenvalue weighted by atomic mass is 10.2. The van der Waals surface area contributed by atoms with Crippen LogP contribution in [0, 0.1) is 11.3 Å².